The first-order valence-corrected chi connectivity index (χ1v) is 6.72. The van der Waals surface area contributed by atoms with Crippen LogP contribution < -0.4 is 10.1 Å². The highest BCUT2D eigenvalue weighted by Gasteiger charge is 2.02. The molecule has 4 heteroatoms. The van der Waals surface area contributed by atoms with Crippen LogP contribution in [-0.4, -0.2) is 16.1 Å². The zero-order valence-corrected chi connectivity index (χ0v) is 11.8. The standard InChI is InChI=1S/C16H20N2O2/c1-12(2)18-9-14-7-16(10-17-8-14)20-15-5-3-4-13(6-15)11-19/h3-8,10,12,18-19H,9,11H2,1-2H3. The molecule has 2 aromatic rings. The van der Waals surface area contributed by atoms with Crippen molar-refractivity contribution in [3.63, 3.8) is 0 Å². The summed E-state index contributed by atoms with van der Waals surface area (Å²) in [6, 6.07) is 9.79. The van der Waals surface area contributed by atoms with Crippen molar-refractivity contribution in [2.24, 2.45) is 0 Å². The Morgan fingerprint density at radius 3 is 2.70 bits per heavy atom. The zero-order chi connectivity index (χ0) is 14.4. The van der Waals surface area contributed by atoms with Gasteiger partial charge in [-0.25, -0.2) is 0 Å². The van der Waals surface area contributed by atoms with Crippen molar-refractivity contribution in [1.29, 1.82) is 0 Å². The fourth-order valence-corrected chi connectivity index (χ4v) is 1.78. The lowest BCUT2D eigenvalue weighted by molar-refractivity contribution is 0.281. The lowest BCUT2D eigenvalue weighted by Crippen LogP contribution is -2.21. The van der Waals surface area contributed by atoms with Crippen LogP contribution in [0.2, 0.25) is 0 Å². The van der Waals surface area contributed by atoms with Crippen LogP contribution in [0.25, 0.3) is 0 Å². The number of nitrogens with one attached hydrogen (secondary N) is 1. The highest BCUT2D eigenvalue weighted by atomic mass is 16.5. The van der Waals surface area contributed by atoms with E-state index in [1.807, 2.05) is 36.5 Å². The predicted octanol–water partition coefficient (Wildman–Crippen LogP) is 2.86. The number of rotatable bonds is 6. The Balaban J connectivity index is 2.06. The van der Waals surface area contributed by atoms with Crippen molar-refractivity contribution in [1.82, 2.24) is 10.3 Å². The first kappa shape index (κ1) is 14.5. The SMILES string of the molecule is CC(C)NCc1cncc(Oc2cccc(CO)c2)c1. The summed E-state index contributed by atoms with van der Waals surface area (Å²) >= 11 is 0. The van der Waals surface area contributed by atoms with Crippen molar-refractivity contribution < 1.29 is 9.84 Å². The van der Waals surface area contributed by atoms with Crippen molar-refractivity contribution in [2.45, 2.75) is 33.0 Å². The summed E-state index contributed by atoms with van der Waals surface area (Å²) in [4.78, 5) is 4.19. The number of ether oxygens (including phenoxy) is 1. The molecule has 0 fully saturated rings. The molecule has 2 rings (SSSR count). The number of hydrogen-bond acceptors (Lipinski definition) is 4. The van der Waals surface area contributed by atoms with Gasteiger partial charge in [-0.3, -0.25) is 4.98 Å². The molecule has 0 bridgehead atoms. The number of pyridine rings is 1. The van der Waals surface area contributed by atoms with Crippen molar-refractivity contribution in [3.05, 3.63) is 53.9 Å². The molecule has 0 saturated heterocycles. The van der Waals surface area contributed by atoms with E-state index in [4.69, 9.17) is 9.84 Å². The van der Waals surface area contributed by atoms with E-state index in [2.05, 4.69) is 24.1 Å². The average Bonchev–Trinajstić information content (AvgIpc) is 2.46. The van der Waals surface area contributed by atoms with Gasteiger partial charge in [0, 0.05) is 18.8 Å². The minimum Gasteiger partial charge on any atom is -0.456 e. The monoisotopic (exact) mass is 272 g/mol. The Bertz CT molecular complexity index is 556. The van der Waals surface area contributed by atoms with Gasteiger partial charge < -0.3 is 15.2 Å². The number of benzene rings is 1. The molecule has 0 aliphatic carbocycles. The minimum absolute atomic E-state index is 0.00774. The number of aliphatic hydroxyl groups excluding tert-OH is 1. The van der Waals surface area contributed by atoms with E-state index >= 15 is 0 Å². The molecule has 0 unspecified atom stereocenters. The van der Waals surface area contributed by atoms with Gasteiger partial charge in [0.15, 0.2) is 0 Å². The molecule has 1 heterocycles. The Hall–Kier alpha value is -1.91. The molecule has 0 aliphatic rings. The van der Waals surface area contributed by atoms with E-state index < -0.39 is 0 Å². The van der Waals surface area contributed by atoms with E-state index in [0.29, 0.717) is 17.5 Å². The van der Waals surface area contributed by atoms with Crippen molar-refractivity contribution in [3.8, 4) is 11.5 Å². The molecule has 0 aliphatic heterocycles. The summed E-state index contributed by atoms with van der Waals surface area (Å²) in [6.07, 6.45) is 3.51. The molecule has 1 aromatic carbocycles. The molecule has 0 spiro atoms. The summed E-state index contributed by atoms with van der Waals surface area (Å²) in [5.74, 6) is 1.40. The Kier molecular flexibility index (Phi) is 5.09. The highest BCUT2D eigenvalue weighted by Crippen LogP contribution is 2.22. The van der Waals surface area contributed by atoms with E-state index in [0.717, 1.165) is 17.7 Å². The van der Waals surface area contributed by atoms with Gasteiger partial charge in [-0.15, -0.1) is 0 Å². The third kappa shape index (κ3) is 4.33. The van der Waals surface area contributed by atoms with Crippen molar-refractivity contribution in [2.75, 3.05) is 0 Å². The van der Waals surface area contributed by atoms with Crippen LogP contribution in [0.3, 0.4) is 0 Å². The molecule has 1 aromatic heterocycles. The summed E-state index contributed by atoms with van der Waals surface area (Å²) < 4.78 is 5.77. The number of aliphatic hydroxyl groups is 1. The van der Waals surface area contributed by atoms with Gasteiger partial charge in [0.05, 0.1) is 12.8 Å². The van der Waals surface area contributed by atoms with E-state index in [-0.39, 0.29) is 6.61 Å². The summed E-state index contributed by atoms with van der Waals surface area (Å²) in [6.45, 7) is 4.98. The second-order valence-electron chi connectivity index (χ2n) is 4.97. The third-order valence-electron chi connectivity index (χ3n) is 2.80. The first-order chi connectivity index (χ1) is 9.67. The summed E-state index contributed by atoms with van der Waals surface area (Å²) in [5, 5.41) is 12.5. The van der Waals surface area contributed by atoms with Crippen LogP contribution in [0, 0.1) is 0 Å². The second-order valence-corrected chi connectivity index (χ2v) is 4.97. The van der Waals surface area contributed by atoms with E-state index in [1.54, 1.807) is 6.20 Å². The maximum Gasteiger partial charge on any atom is 0.146 e. The molecule has 0 atom stereocenters. The second kappa shape index (κ2) is 7.03. The fourth-order valence-electron chi connectivity index (χ4n) is 1.78. The molecule has 4 nitrogen and oxygen atoms in total. The smallest absolute Gasteiger partial charge is 0.146 e. The van der Waals surface area contributed by atoms with E-state index in [9.17, 15) is 0 Å². The van der Waals surface area contributed by atoms with E-state index in [1.165, 1.54) is 0 Å². The Labute approximate surface area is 119 Å². The summed E-state index contributed by atoms with van der Waals surface area (Å²) in [5.41, 5.74) is 1.91. The van der Waals surface area contributed by atoms with Gasteiger partial charge in [0.25, 0.3) is 0 Å². The van der Waals surface area contributed by atoms with Crippen LogP contribution in [0.4, 0.5) is 0 Å². The third-order valence-corrected chi connectivity index (χ3v) is 2.80. The largest absolute Gasteiger partial charge is 0.456 e. The first-order valence-electron chi connectivity index (χ1n) is 6.72. The molecular formula is C16H20N2O2. The van der Waals surface area contributed by atoms with Crippen LogP contribution in [0.5, 0.6) is 11.5 Å². The molecule has 106 valence electrons. The molecule has 0 saturated carbocycles. The zero-order valence-electron chi connectivity index (χ0n) is 11.8. The van der Waals surface area contributed by atoms with Gasteiger partial charge in [-0.1, -0.05) is 26.0 Å². The normalized spacial score (nSPS) is 10.8. The lowest BCUT2D eigenvalue weighted by Gasteiger charge is -2.10. The van der Waals surface area contributed by atoms with Crippen LogP contribution in [-0.2, 0) is 13.2 Å². The van der Waals surface area contributed by atoms with Crippen LogP contribution in [0.15, 0.2) is 42.7 Å². The van der Waals surface area contributed by atoms with Gasteiger partial charge in [0.2, 0.25) is 0 Å². The van der Waals surface area contributed by atoms with Gasteiger partial charge in [-0.2, -0.15) is 0 Å². The fraction of sp³-hybridized carbons (Fsp3) is 0.312. The Morgan fingerprint density at radius 1 is 1.15 bits per heavy atom. The van der Waals surface area contributed by atoms with Crippen molar-refractivity contribution >= 4 is 0 Å². The number of nitrogens with zero attached hydrogens (tertiary/aromatic N) is 1. The minimum atomic E-state index is 0.00774. The molecule has 2 N–H and O–H groups in total. The number of aromatic nitrogens is 1. The highest BCUT2D eigenvalue weighted by molar-refractivity contribution is 5.33. The molecule has 20 heavy (non-hydrogen) atoms. The number of hydrogen-bond donors (Lipinski definition) is 2. The summed E-state index contributed by atoms with van der Waals surface area (Å²) in [7, 11) is 0. The van der Waals surface area contributed by atoms with Gasteiger partial charge >= 0.3 is 0 Å². The maximum absolute atomic E-state index is 9.12. The predicted molar refractivity (Wildman–Crippen MR) is 78.7 cm³/mol. The lowest BCUT2D eigenvalue weighted by atomic mass is 10.2. The van der Waals surface area contributed by atoms with Gasteiger partial charge in [-0.05, 0) is 29.3 Å². The molecule has 0 amide bonds. The quantitative estimate of drug-likeness (QED) is 0.849. The van der Waals surface area contributed by atoms with Crippen LogP contribution >= 0.6 is 0 Å². The molecular weight excluding hydrogens is 252 g/mol. The average molecular weight is 272 g/mol. The van der Waals surface area contributed by atoms with Gasteiger partial charge in [0.1, 0.15) is 11.5 Å². The Morgan fingerprint density at radius 2 is 1.95 bits per heavy atom. The topological polar surface area (TPSA) is 54.4 Å². The molecule has 0 radical (unpaired) electrons. The maximum atomic E-state index is 9.12. The van der Waals surface area contributed by atoms with Crippen LogP contribution in [0.1, 0.15) is 25.0 Å².